The van der Waals surface area contributed by atoms with Crippen molar-refractivity contribution in [1.82, 2.24) is 4.90 Å². The summed E-state index contributed by atoms with van der Waals surface area (Å²) in [5.41, 5.74) is 0. The summed E-state index contributed by atoms with van der Waals surface area (Å²) in [7, 11) is 0. The lowest BCUT2D eigenvalue weighted by molar-refractivity contribution is -0.131. The average Bonchev–Trinajstić information content (AvgIpc) is 2.37. The predicted molar refractivity (Wildman–Crippen MR) is 76.5 cm³/mol. The van der Waals surface area contributed by atoms with Crippen LogP contribution < -0.4 is 0 Å². The Balaban J connectivity index is 2.25. The quantitative estimate of drug-likeness (QED) is 0.651. The normalized spacial score (nSPS) is 17.1. The van der Waals surface area contributed by atoms with E-state index in [4.69, 9.17) is 0 Å². The van der Waals surface area contributed by atoms with E-state index in [9.17, 15) is 4.79 Å². The third-order valence-electron chi connectivity index (χ3n) is 3.69. The van der Waals surface area contributed by atoms with Gasteiger partial charge in [0, 0.05) is 24.8 Å². The molecule has 0 aromatic carbocycles. The zero-order valence-corrected chi connectivity index (χ0v) is 12.7. The molecular formula is C14H26BrNO. The largest absolute Gasteiger partial charge is 0.342 e. The number of hydrogen-bond acceptors (Lipinski definition) is 1. The van der Waals surface area contributed by atoms with E-state index in [1.54, 1.807) is 0 Å². The zero-order chi connectivity index (χ0) is 12.5. The van der Waals surface area contributed by atoms with Crippen molar-refractivity contribution in [3.8, 4) is 0 Å². The second-order valence-corrected chi connectivity index (χ2v) is 5.91. The highest BCUT2D eigenvalue weighted by atomic mass is 79.9. The second kappa shape index (κ2) is 8.96. The third kappa shape index (κ3) is 5.89. The molecule has 1 rings (SSSR count). The van der Waals surface area contributed by atoms with E-state index in [-0.39, 0.29) is 0 Å². The van der Waals surface area contributed by atoms with Crippen molar-refractivity contribution in [3.05, 3.63) is 0 Å². The van der Waals surface area contributed by atoms with Gasteiger partial charge in [0.2, 0.25) is 5.91 Å². The van der Waals surface area contributed by atoms with E-state index in [1.165, 1.54) is 32.1 Å². The van der Waals surface area contributed by atoms with Crippen LogP contribution in [0.5, 0.6) is 0 Å². The van der Waals surface area contributed by atoms with E-state index in [2.05, 4.69) is 22.9 Å². The Morgan fingerprint density at radius 1 is 1.24 bits per heavy atom. The minimum Gasteiger partial charge on any atom is -0.342 e. The Bertz CT molecular complexity index is 208. The van der Waals surface area contributed by atoms with Gasteiger partial charge in [0.25, 0.3) is 0 Å². The molecule has 1 aliphatic carbocycles. The monoisotopic (exact) mass is 303 g/mol. The van der Waals surface area contributed by atoms with Crippen LogP contribution in [0.1, 0.15) is 58.3 Å². The van der Waals surface area contributed by atoms with Crippen molar-refractivity contribution in [3.63, 3.8) is 0 Å². The molecule has 0 unspecified atom stereocenters. The van der Waals surface area contributed by atoms with Crippen LogP contribution in [-0.2, 0) is 4.79 Å². The predicted octanol–water partition coefficient (Wildman–Crippen LogP) is 3.98. The molecule has 1 amide bonds. The minimum atomic E-state index is 0.358. The maximum atomic E-state index is 12.1. The van der Waals surface area contributed by atoms with Crippen molar-refractivity contribution >= 4 is 21.8 Å². The molecule has 0 atom stereocenters. The number of alkyl halides is 1. The van der Waals surface area contributed by atoms with Gasteiger partial charge in [-0.2, -0.15) is 0 Å². The molecule has 0 spiro atoms. The molecule has 2 nitrogen and oxygen atoms in total. The molecule has 0 saturated heterocycles. The van der Waals surface area contributed by atoms with E-state index in [0.717, 1.165) is 43.6 Å². The summed E-state index contributed by atoms with van der Waals surface area (Å²) in [6.07, 6.45) is 9.77. The van der Waals surface area contributed by atoms with Crippen LogP contribution in [0.2, 0.25) is 0 Å². The van der Waals surface area contributed by atoms with Crippen LogP contribution in [0.15, 0.2) is 0 Å². The van der Waals surface area contributed by atoms with Crippen molar-refractivity contribution in [1.29, 1.82) is 0 Å². The smallest absolute Gasteiger partial charge is 0.222 e. The first-order valence-electron chi connectivity index (χ1n) is 7.11. The fraction of sp³-hybridized carbons (Fsp3) is 0.929. The van der Waals surface area contributed by atoms with Crippen molar-refractivity contribution in [2.75, 3.05) is 18.4 Å². The topological polar surface area (TPSA) is 20.3 Å². The van der Waals surface area contributed by atoms with Crippen LogP contribution >= 0.6 is 15.9 Å². The maximum Gasteiger partial charge on any atom is 0.222 e. The molecule has 0 aromatic heterocycles. The number of rotatable bonds is 7. The number of hydrogen-bond donors (Lipinski definition) is 0. The Morgan fingerprint density at radius 2 is 1.94 bits per heavy atom. The highest BCUT2D eigenvalue weighted by molar-refractivity contribution is 9.09. The molecule has 0 heterocycles. The average molecular weight is 304 g/mol. The Morgan fingerprint density at radius 3 is 2.53 bits per heavy atom. The van der Waals surface area contributed by atoms with Gasteiger partial charge < -0.3 is 4.90 Å². The lowest BCUT2D eigenvalue weighted by Gasteiger charge is -2.24. The van der Waals surface area contributed by atoms with E-state index in [1.807, 2.05) is 4.90 Å². The van der Waals surface area contributed by atoms with Crippen LogP contribution in [0.25, 0.3) is 0 Å². The molecule has 1 fully saturated rings. The van der Waals surface area contributed by atoms with Gasteiger partial charge in [0.15, 0.2) is 0 Å². The summed E-state index contributed by atoms with van der Waals surface area (Å²) in [6.45, 7) is 3.90. The summed E-state index contributed by atoms with van der Waals surface area (Å²) in [6, 6.07) is 0. The van der Waals surface area contributed by atoms with Crippen molar-refractivity contribution in [2.45, 2.75) is 58.3 Å². The molecule has 1 aliphatic rings. The van der Waals surface area contributed by atoms with Gasteiger partial charge in [-0.05, 0) is 18.8 Å². The number of halogens is 1. The summed E-state index contributed by atoms with van der Waals surface area (Å²) >= 11 is 3.42. The van der Waals surface area contributed by atoms with Crippen molar-refractivity contribution < 1.29 is 4.79 Å². The molecule has 1 saturated carbocycles. The second-order valence-electron chi connectivity index (χ2n) is 5.11. The number of amides is 1. The first-order chi connectivity index (χ1) is 8.27. The SMILES string of the molecule is CCCN(CCBr)C(=O)CCC1CCCCC1. The summed E-state index contributed by atoms with van der Waals surface area (Å²) < 4.78 is 0. The fourth-order valence-corrected chi connectivity index (χ4v) is 3.12. The molecule has 0 N–H and O–H groups in total. The highest BCUT2D eigenvalue weighted by Gasteiger charge is 2.17. The fourth-order valence-electron chi connectivity index (χ4n) is 2.69. The van der Waals surface area contributed by atoms with Gasteiger partial charge in [-0.15, -0.1) is 0 Å². The van der Waals surface area contributed by atoms with Gasteiger partial charge in [-0.1, -0.05) is 55.0 Å². The van der Waals surface area contributed by atoms with Gasteiger partial charge in [-0.3, -0.25) is 4.79 Å². The third-order valence-corrected chi connectivity index (χ3v) is 4.05. The van der Waals surface area contributed by atoms with Crippen molar-refractivity contribution in [2.24, 2.45) is 5.92 Å². The number of carbonyl (C=O) groups is 1. The minimum absolute atomic E-state index is 0.358. The molecule has 0 aromatic rings. The first kappa shape index (κ1) is 15.0. The molecule has 0 bridgehead atoms. The van der Waals surface area contributed by atoms with Gasteiger partial charge in [0.1, 0.15) is 0 Å². The number of nitrogens with zero attached hydrogens (tertiary/aromatic N) is 1. The van der Waals surface area contributed by atoms with E-state index in [0.29, 0.717) is 5.91 Å². The molecule has 0 radical (unpaired) electrons. The summed E-state index contributed by atoms with van der Waals surface area (Å²) in [5.74, 6) is 1.18. The van der Waals surface area contributed by atoms with Crippen LogP contribution in [0, 0.1) is 5.92 Å². The van der Waals surface area contributed by atoms with Crippen LogP contribution in [0.3, 0.4) is 0 Å². The lowest BCUT2D eigenvalue weighted by Crippen LogP contribution is -2.33. The summed E-state index contributed by atoms with van der Waals surface area (Å²) in [4.78, 5) is 14.1. The lowest BCUT2D eigenvalue weighted by atomic mass is 9.86. The molecule has 17 heavy (non-hydrogen) atoms. The summed E-state index contributed by atoms with van der Waals surface area (Å²) in [5, 5.41) is 0.891. The van der Waals surface area contributed by atoms with E-state index < -0.39 is 0 Å². The Hall–Kier alpha value is -0.0500. The number of carbonyl (C=O) groups excluding carboxylic acids is 1. The first-order valence-corrected chi connectivity index (χ1v) is 8.23. The van der Waals surface area contributed by atoms with Gasteiger partial charge in [0.05, 0.1) is 0 Å². The molecule has 0 aliphatic heterocycles. The van der Waals surface area contributed by atoms with Crippen LogP contribution in [0.4, 0.5) is 0 Å². The Labute approximate surface area is 114 Å². The van der Waals surface area contributed by atoms with Crippen LogP contribution in [-0.4, -0.2) is 29.2 Å². The highest BCUT2D eigenvalue weighted by Crippen LogP contribution is 2.27. The standard InChI is InChI=1S/C14H26BrNO/c1-2-11-16(12-10-15)14(17)9-8-13-6-4-3-5-7-13/h13H,2-12H2,1H3. The molecule has 100 valence electrons. The van der Waals surface area contributed by atoms with E-state index >= 15 is 0 Å². The van der Waals surface area contributed by atoms with Gasteiger partial charge >= 0.3 is 0 Å². The Kier molecular flexibility index (Phi) is 7.91. The van der Waals surface area contributed by atoms with Gasteiger partial charge in [-0.25, -0.2) is 0 Å². The molecular weight excluding hydrogens is 278 g/mol. The zero-order valence-electron chi connectivity index (χ0n) is 11.1. The molecule has 3 heteroatoms. The maximum absolute atomic E-state index is 12.1.